The van der Waals surface area contributed by atoms with Gasteiger partial charge in [0.15, 0.2) is 0 Å². The third kappa shape index (κ3) is 4.97. The standard InChI is InChI=1S/C21H31NO3/c1-3-17(4-2)21(23)22(18-10-11-18)14-16-7-5-8-19(13-16)25-15-20-9-6-12-24-20/h5,7-8,13,17-18,20H,3-4,6,9-12,14-15H2,1-2H3. The molecule has 1 aliphatic carbocycles. The van der Waals surface area contributed by atoms with Gasteiger partial charge in [-0.3, -0.25) is 4.79 Å². The van der Waals surface area contributed by atoms with E-state index >= 15 is 0 Å². The lowest BCUT2D eigenvalue weighted by molar-refractivity contribution is -0.137. The maximum atomic E-state index is 12.9. The predicted octanol–water partition coefficient (Wildman–Crippen LogP) is 4.17. The summed E-state index contributed by atoms with van der Waals surface area (Å²) in [5.74, 6) is 1.34. The average Bonchev–Trinajstić information content (AvgIpc) is 3.34. The second-order valence-electron chi connectivity index (χ2n) is 7.30. The van der Waals surface area contributed by atoms with E-state index in [0.29, 0.717) is 25.1 Å². The van der Waals surface area contributed by atoms with Crippen LogP contribution in [0.4, 0.5) is 0 Å². The van der Waals surface area contributed by atoms with Crippen LogP contribution in [-0.4, -0.2) is 36.2 Å². The van der Waals surface area contributed by atoms with Crippen LogP contribution in [0.15, 0.2) is 24.3 Å². The highest BCUT2D eigenvalue weighted by Crippen LogP contribution is 2.31. The zero-order valence-electron chi connectivity index (χ0n) is 15.6. The number of rotatable bonds is 9. The number of hydrogen-bond acceptors (Lipinski definition) is 3. The monoisotopic (exact) mass is 345 g/mol. The Kier molecular flexibility index (Phi) is 6.35. The number of nitrogens with zero attached hydrogens (tertiary/aromatic N) is 1. The van der Waals surface area contributed by atoms with Crippen molar-refractivity contribution >= 4 is 5.91 Å². The van der Waals surface area contributed by atoms with Gasteiger partial charge in [-0.05, 0) is 56.2 Å². The lowest BCUT2D eigenvalue weighted by Crippen LogP contribution is -2.37. The highest BCUT2D eigenvalue weighted by molar-refractivity contribution is 5.79. The summed E-state index contributed by atoms with van der Waals surface area (Å²) in [6.07, 6.45) is 6.55. The fourth-order valence-electron chi connectivity index (χ4n) is 3.54. The Bertz CT molecular complexity index is 560. The fourth-order valence-corrected chi connectivity index (χ4v) is 3.54. The number of ether oxygens (including phenoxy) is 2. The largest absolute Gasteiger partial charge is 0.491 e. The Morgan fingerprint density at radius 1 is 1.28 bits per heavy atom. The summed E-state index contributed by atoms with van der Waals surface area (Å²) in [4.78, 5) is 14.9. The van der Waals surface area contributed by atoms with Crippen LogP contribution in [0.5, 0.6) is 5.75 Å². The first-order chi connectivity index (χ1) is 12.2. The van der Waals surface area contributed by atoms with Crippen LogP contribution in [0.25, 0.3) is 0 Å². The van der Waals surface area contributed by atoms with Gasteiger partial charge >= 0.3 is 0 Å². The molecule has 0 spiro atoms. The molecule has 1 saturated carbocycles. The summed E-state index contributed by atoms with van der Waals surface area (Å²) in [6, 6.07) is 8.61. The zero-order chi connectivity index (χ0) is 17.6. The van der Waals surface area contributed by atoms with Gasteiger partial charge in [-0.15, -0.1) is 0 Å². The third-order valence-electron chi connectivity index (χ3n) is 5.32. The van der Waals surface area contributed by atoms with Crippen LogP contribution in [-0.2, 0) is 16.1 Å². The minimum absolute atomic E-state index is 0.152. The van der Waals surface area contributed by atoms with Crippen LogP contribution < -0.4 is 4.74 Å². The van der Waals surface area contributed by atoms with E-state index in [2.05, 4.69) is 30.9 Å². The molecule has 0 radical (unpaired) electrons. The van der Waals surface area contributed by atoms with Crippen LogP contribution in [0.3, 0.4) is 0 Å². The molecular formula is C21H31NO3. The van der Waals surface area contributed by atoms with Gasteiger partial charge in [0.25, 0.3) is 0 Å². The molecule has 0 aromatic heterocycles. The Morgan fingerprint density at radius 3 is 2.72 bits per heavy atom. The van der Waals surface area contributed by atoms with E-state index in [-0.39, 0.29) is 12.0 Å². The molecule has 25 heavy (non-hydrogen) atoms. The molecule has 1 atom stereocenters. The molecule has 3 rings (SSSR count). The summed E-state index contributed by atoms with van der Waals surface area (Å²) in [7, 11) is 0. The van der Waals surface area contributed by atoms with Crippen molar-refractivity contribution in [3.05, 3.63) is 29.8 Å². The molecule has 1 unspecified atom stereocenters. The van der Waals surface area contributed by atoms with E-state index in [0.717, 1.165) is 56.4 Å². The molecule has 0 N–H and O–H groups in total. The first-order valence-corrected chi connectivity index (χ1v) is 9.85. The Labute approximate surface area is 151 Å². The van der Waals surface area contributed by atoms with Gasteiger partial charge in [-0.1, -0.05) is 26.0 Å². The van der Waals surface area contributed by atoms with E-state index in [1.165, 1.54) is 0 Å². The van der Waals surface area contributed by atoms with E-state index in [1.54, 1.807) is 0 Å². The van der Waals surface area contributed by atoms with Gasteiger partial charge in [0, 0.05) is 25.1 Å². The van der Waals surface area contributed by atoms with Gasteiger partial charge in [0.2, 0.25) is 5.91 Å². The smallest absolute Gasteiger partial charge is 0.226 e. The van der Waals surface area contributed by atoms with Crippen molar-refractivity contribution in [2.45, 2.75) is 71.1 Å². The number of carbonyl (C=O) groups excluding carboxylic acids is 1. The maximum absolute atomic E-state index is 12.9. The third-order valence-corrected chi connectivity index (χ3v) is 5.32. The van der Waals surface area contributed by atoms with Gasteiger partial charge in [0.1, 0.15) is 12.4 Å². The average molecular weight is 345 g/mol. The lowest BCUT2D eigenvalue weighted by atomic mass is 10.0. The predicted molar refractivity (Wildman–Crippen MR) is 98.6 cm³/mol. The normalized spacial score (nSPS) is 20.0. The molecule has 1 heterocycles. The molecule has 2 fully saturated rings. The molecule has 1 aromatic rings. The van der Waals surface area contributed by atoms with Crippen molar-refractivity contribution in [3.63, 3.8) is 0 Å². The number of carbonyl (C=O) groups is 1. The second kappa shape index (κ2) is 8.70. The van der Waals surface area contributed by atoms with Crippen molar-refractivity contribution in [3.8, 4) is 5.75 Å². The molecule has 1 amide bonds. The molecule has 4 nitrogen and oxygen atoms in total. The maximum Gasteiger partial charge on any atom is 0.226 e. The number of hydrogen-bond donors (Lipinski definition) is 0. The van der Waals surface area contributed by atoms with E-state index < -0.39 is 0 Å². The quantitative estimate of drug-likeness (QED) is 0.674. The Hall–Kier alpha value is -1.55. The van der Waals surface area contributed by atoms with Crippen LogP contribution in [0, 0.1) is 5.92 Å². The van der Waals surface area contributed by atoms with E-state index in [9.17, 15) is 4.79 Å². The number of benzene rings is 1. The topological polar surface area (TPSA) is 38.8 Å². The van der Waals surface area contributed by atoms with E-state index in [4.69, 9.17) is 9.47 Å². The zero-order valence-corrected chi connectivity index (χ0v) is 15.6. The summed E-state index contributed by atoms with van der Waals surface area (Å²) in [6.45, 7) is 6.37. The Balaban J connectivity index is 1.61. The summed E-state index contributed by atoms with van der Waals surface area (Å²) < 4.78 is 11.5. The molecule has 2 aliphatic rings. The number of amides is 1. The summed E-state index contributed by atoms with van der Waals surface area (Å²) >= 11 is 0. The van der Waals surface area contributed by atoms with Gasteiger partial charge in [-0.2, -0.15) is 0 Å². The summed E-state index contributed by atoms with van der Waals surface area (Å²) in [5, 5.41) is 0. The van der Waals surface area contributed by atoms with Crippen molar-refractivity contribution in [1.29, 1.82) is 0 Å². The van der Waals surface area contributed by atoms with Gasteiger partial charge in [0.05, 0.1) is 6.10 Å². The molecule has 4 heteroatoms. The molecular weight excluding hydrogens is 314 g/mol. The molecule has 1 saturated heterocycles. The van der Waals surface area contributed by atoms with Gasteiger partial charge in [-0.25, -0.2) is 0 Å². The minimum atomic E-state index is 0.152. The van der Waals surface area contributed by atoms with Crippen LogP contribution >= 0.6 is 0 Å². The Morgan fingerprint density at radius 2 is 2.08 bits per heavy atom. The summed E-state index contributed by atoms with van der Waals surface area (Å²) in [5.41, 5.74) is 1.15. The molecule has 138 valence electrons. The molecule has 1 aromatic carbocycles. The van der Waals surface area contributed by atoms with E-state index in [1.807, 2.05) is 12.1 Å². The molecule has 1 aliphatic heterocycles. The first kappa shape index (κ1) is 18.2. The SMILES string of the molecule is CCC(CC)C(=O)N(Cc1cccc(OCC2CCCO2)c1)C1CC1. The highest BCUT2D eigenvalue weighted by Gasteiger charge is 2.34. The van der Waals surface area contributed by atoms with Crippen molar-refractivity contribution in [2.24, 2.45) is 5.92 Å². The minimum Gasteiger partial charge on any atom is -0.491 e. The molecule has 0 bridgehead atoms. The van der Waals surface area contributed by atoms with Gasteiger partial charge < -0.3 is 14.4 Å². The second-order valence-corrected chi connectivity index (χ2v) is 7.30. The van der Waals surface area contributed by atoms with Crippen molar-refractivity contribution < 1.29 is 14.3 Å². The fraction of sp³-hybridized carbons (Fsp3) is 0.667. The van der Waals surface area contributed by atoms with Crippen LogP contribution in [0.2, 0.25) is 0 Å². The lowest BCUT2D eigenvalue weighted by Gasteiger charge is -2.27. The van der Waals surface area contributed by atoms with Crippen molar-refractivity contribution in [1.82, 2.24) is 4.90 Å². The highest BCUT2D eigenvalue weighted by atomic mass is 16.5. The van der Waals surface area contributed by atoms with Crippen LogP contribution in [0.1, 0.15) is 57.9 Å². The van der Waals surface area contributed by atoms with Crippen molar-refractivity contribution in [2.75, 3.05) is 13.2 Å². The first-order valence-electron chi connectivity index (χ1n) is 9.85.